The highest BCUT2D eigenvalue weighted by atomic mass is 32.1. The molecular formula is C8H7NO2S. The SMILES string of the molecule is O=[N+]([O-])c1cccc(CC=S)c1. The van der Waals surface area contributed by atoms with Crippen LogP contribution in [0.25, 0.3) is 0 Å². The van der Waals surface area contributed by atoms with Gasteiger partial charge >= 0.3 is 0 Å². The summed E-state index contributed by atoms with van der Waals surface area (Å²) in [7, 11) is 0. The van der Waals surface area contributed by atoms with E-state index >= 15 is 0 Å². The predicted molar refractivity (Wildman–Crippen MR) is 50.5 cm³/mol. The normalized spacial score (nSPS) is 9.33. The molecule has 0 aromatic heterocycles. The van der Waals surface area contributed by atoms with Gasteiger partial charge in [0.05, 0.1) is 4.92 Å². The van der Waals surface area contributed by atoms with Crippen molar-refractivity contribution in [1.82, 2.24) is 0 Å². The zero-order valence-corrected chi connectivity index (χ0v) is 7.08. The summed E-state index contributed by atoms with van der Waals surface area (Å²) < 4.78 is 0. The lowest BCUT2D eigenvalue weighted by Crippen LogP contribution is -1.90. The average Bonchev–Trinajstić information content (AvgIpc) is 2.05. The largest absolute Gasteiger partial charge is 0.269 e. The van der Waals surface area contributed by atoms with E-state index in [1.807, 2.05) is 6.07 Å². The van der Waals surface area contributed by atoms with E-state index in [0.717, 1.165) is 5.56 Å². The standard InChI is InChI=1S/C8H7NO2S/c10-9(11)8-3-1-2-7(6-8)4-5-12/h1-3,5-6H,4H2. The van der Waals surface area contributed by atoms with Crippen LogP contribution in [0.15, 0.2) is 24.3 Å². The number of nitrogens with zero attached hydrogens (tertiary/aromatic N) is 1. The molecule has 0 fully saturated rings. The lowest BCUT2D eigenvalue weighted by Gasteiger charge is -1.94. The van der Waals surface area contributed by atoms with Gasteiger partial charge in [-0.1, -0.05) is 24.4 Å². The Kier molecular flexibility index (Phi) is 2.88. The summed E-state index contributed by atoms with van der Waals surface area (Å²) in [6.45, 7) is 0. The minimum absolute atomic E-state index is 0.115. The summed E-state index contributed by atoms with van der Waals surface area (Å²) >= 11 is 4.65. The van der Waals surface area contributed by atoms with Gasteiger partial charge in [0.25, 0.3) is 5.69 Å². The smallest absolute Gasteiger partial charge is 0.258 e. The van der Waals surface area contributed by atoms with E-state index in [0.29, 0.717) is 6.42 Å². The molecule has 1 aromatic rings. The average molecular weight is 181 g/mol. The maximum absolute atomic E-state index is 10.3. The molecule has 0 saturated heterocycles. The van der Waals surface area contributed by atoms with E-state index in [4.69, 9.17) is 0 Å². The molecule has 0 unspecified atom stereocenters. The molecule has 0 aliphatic carbocycles. The van der Waals surface area contributed by atoms with Crippen molar-refractivity contribution in [2.45, 2.75) is 6.42 Å². The van der Waals surface area contributed by atoms with Crippen LogP contribution < -0.4 is 0 Å². The first-order chi connectivity index (χ1) is 5.74. The van der Waals surface area contributed by atoms with Gasteiger partial charge in [0.2, 0.25) is 0 Å². The molecular weight excluding hydrogens is 174 g/mol. The second-order valence-corrected chi connectivity index (χ2v) is 2.63. The lowest BCUT2D eigenvalue weighted by molar-refractivity contribution is -0.384. The number of nitro benzene ring substituents is 1. The predicted octanol–water partition coefficient (Wildman–Crippen LogP) is 2.14. The van der Waals surface area contributed by atoms with Crippen molar-refractivity contribution < 1.29 is 4.92 Å². The number of hydrogen-bond donors (Lipinski definition) is 0. The second kappa shape index (κ2) is 3.92. The molecule has 62 valence electrons. The Morgan fingerprint density at radius 2 is 2.33 bits per heavy atom. The van der Waals surface area contributed by atoms with E-state index in [1.165, 1.54) is 12.1 Å². The molecule has 4 heteroatoms. The first-order valence-electron chi connectivity index (χ1n) is 3.41. The van der Waals surface area contributed by atoms with Crippen molar-refractivity contribution >= 4 is 23.3 Å². The van der Waals surface area contributed by atoms with E-state index in [9.17, 15) is 10.1 Å². The molecule has 0 heterocycles. The van der Waals surface area contributed by atoms with Crippen molar-refractivity contribution in [2.75, 3.05) is 0 Å². The van der Waals surface area contributed by atoms with E-state index < -0.39 is 4.92 Å². The Morgan fingerprint density at radius 1 is 1.58 bits per heavy atom. The maximum Gasteiger partial charge on any atom is 0.269 e. The Balaban J connectivity index is 2.95. The van der Waals surface area contributed by atoms with Crippen molar-refractivity contribution in [3.63, 3.8) is 0 Å². The Morgan fingerprint density at radius 3 is 2.92 bits per heavy atom. The monoisotopic (exact) mass is 181 g/mol. The fourth-order valence-electron chi connectivity index (χ4n) is 0.893. The quantitative estimate of drug-likeness (QED) is 0.407. The molecule has 3 nitrogen and oxygen atoms in total. The van der Waals surface area contributed by atoms with Gasteiger partial charge in [0.15, 0.2) is 0 Å². The summed E-state index contributed by atoms with van der Waals surface area (Å²) in [5.74, 6) is 0. The van der Waals surface area contributed by atoms with Crippen molar-refractivity contribution in [2.24, 2.45) is 0 Å². The second-order valence-electron chi connectivity index (χ2n) is 2.30. The van der Waals surface area contributed by atoms with E-state index in [1.54, 1.807) is 11.4 Å². The fourth-order valence-corrected chi connectivity index (χ4v) is 1.09. The van der Waals surface area contributed by atoms with Crippen LogP contribution in [-0.2, 0) is 6.42 Å². The molecule has 1 rings (SSSR count). The third kappa shape index (κ3) is 2.10. The molecule has 0 spiro atoms. The van der Waals surface area contributed by atoms with Gasteiger partial charge in [-0.15, -0.1) is 0 Å². The van der Waals surface area contributed by atoms with Crippen LogP contribution >= 0.6 is 12.2 Å². The molecule has 0 aliphatic heterocycles. The Bertz CT molecular complexity index is 312. The van der Waals surface area contributed by atoms with Gasteiger partial charge in [-0.25, -0.2) is 0 Å². The van der Waals surface area contributed by atoms with Crippen molar-refractivity contribution in [3.8, 4) is 0 Å². The Hall–Kier alpha value is -1.29. The zero-order valence-electron chi connectivity index (χ0n) is 6.27. The maximum atomic E-state index is 10.3. The van der Waals surface area contributed by atoms with Crippen LogP contribution in [0.2, 0.25) is 0 Å². The number of rotatable bonds is 3. The molecule has 0 radical (unpaired) electrons. The molecule has 0 bridgehead atoms. The molecule has 0 aliphatic rings. The third-order valence-corrected chi connectivity index (χ3v) is 1.61. The number of thiocarbonyl (C=S) groups is 1. The van der Waals surface area contributed by atoms with E-state index in [2.05, 4.69) is 12.2 Å². The molecule has 0 N–H and O–H groups in total. The van der Waals surface area contributed by atoms with Crippen LogP contribution in [0.4, 0.5) is 5.69 Å². The van der Waals surface area contributed by atoms with Crippen molar-refractivity contribution in [3.05, 3.63) is 39.9 Å². The van der Waals surface area contributed by atoms with E-state index in [-0.39, 0.29) is 5.69 Å². The first kappa shape index (κ1) is 8.80. The highest BCUT2D eigenvalue weighted by molar-refractivity contribution is 7.78. The number of nitro groups is 1. The van der Waals surface area contributed by atoms with Crippen LogP contribution in [0.1, 0.15) is 5.56 Å². The van der Waals surface area contributed by atoms with Gasteiger partial charge in [-0.05, 0) is 10.9 Å². The summed E-state index contributed by atoms with van der Waals surface area (Å²) in [6.07, 6.45) is 0.594. The van der Waals surface area contributed by atoms with Crippen LogP contribution in [0, 0.1) is 10.1 Å². The van der Waals surface area contributed by atoms with Crippen molar-refractivity contribution in [1.29, 1.82) is 0 Å². The summed E-state index contributed by atoms with van der Waals surface area (Å²) in [5.41, 5.74) is 0.989. The molecule has 1 aromatic carbocycles. The summed E-state index contributed by atoms with van der Waals surface area (Å²) in [6, 6.07) is 6.47. The molecule has 0 saturated carbocycles. The minimum Gasteiger partial charge on any atom is -0.258 e. The number of benzene rings is 1. The first-order valence-corrected chi connectivity index (χ1v) is 3.88. The van der Waals surface area contributed by atoms with Gasteiger partial charge in [0.1, 0.15) is 0 Å². The van der Waals surface area contributed by atoms with Gasteiger partial charge < -0.3 is 0 Å². The van der Waals surface area contributed by atoms with Gasteiger partial charge in [-0.3, -0.25) is 10.1 Å². The lowest BCUT2D eigenvalue weighted by atomic mass is 10.1. The van der Waals surface area contributed by atoms with Crippen LogP contribution in [0.3, 0.4) is 0 Å². The molecule has 0 amide bonds. The minimum atomic E-state index is -0.410. The highest BCUT2D eigenvalue weighted by Gasteiger charge is 2.03. The highest BCUT2D eigenvalue weighted by Crippen LogP contribution is 2.12. The topological polar surface area (TPSA) is 43.1 Å². The van der Waals surface area contributed by atoms with Gasteiger partial charge in [-0.2, -0.15) is 0 Å². The molecule has 12 heavy (non-hydrogen) atoms. The van der Waals surface area contributed by atoms with Crippen LogP contribution in [-0.4, -0.2) is 10.3 Å². The number of non-ortho nitro benzene ring substituents is 1. The summed E-state index contributed by atoms with van der Waals surface area (Å²) in [4.78, 5) is 9.92. The zero-order chi connectivity index (χ0) is 8.97. The molecule has 0 atom stereocenters. The van der Waals surface area contributed by atoms with Crippen LogP contribution in [0.5, 0.6) is 0 Å². The number of hydrogen-bond acceptors (Lipinski definition) is 3. The summed E-state index contributed by atoms with van der Waals surface area (Å²) in [5, 5.41) is 11.9. The Labute approximate surface area is 75.2 Å². The third-order valence-electron chi connectivity index (χ3n) is 1.44. The van der Waals surface area contributed by atoms with Gasteiger partial charge in [0, 0.05) is 18.6 Å². The fraction of sp³-hybridized carbons (Fsp3) is 0.125.